The predicted octanol–water partition coefficient (Wildman–Crippen LogP) is 2.33. The van der Waals surface area contributed by atoms with Crippen LogP contribution in [-0.2, 0) is 11.3 Å². The average Bonchev–Trinajstić information content (AvgIpc) is 2.78. The molecule has 0 radical (unpaired) electrons. The van der Waals surface area contributed by atoms with Gasteiger partial charge in [-0.05, 0) is 0 Å². The van der Waals surface area contributed by atoms with Gasteiger partial charge in [0.05, 0.1) is 11.5 Å². The molecule has 0 amide bonds. The highest BCUT2D eigenvalue weighted by Crippen LogP contribution is 2.26. The van der Waals surface area contributed by atoms with E-state index >= 15 is 0 Å². The Morgan fingerprint density at radius 1 is 1.65 bits per heavy atom. The number of allylic oxidation sites excluding steroid dienone is 1. The maximum atomic E-state index is 11.2. The molecule has 0 bridgehead atoms. The van der Waals surface area contributed by atoms with Crippen molar-refractivity contribution in [2.75, 3.05) is 20.5 Å². The first-order valence-electron chi connectivity index (χ1n) is 6.04. The van der Waals surface area contributed by atoms with Crippen LogP contribution in [0.3, 0.4) is 0 Å². The van der Waals surface area contributed by atoms with E-state index in [4.69, 9.17) is 16.3 Å². The molecule has 2 rings (SSSR count). The minimum atomic E-state index is -0.330. The first kappa shape index (κ1) is 15.0. The molecule has 1 aromatic heterocycles. The minimum absolute atomic E-state index is 0.186. The Balaban J connectivity index is 2.30. The van der Waals surface area contributed by atoms with E-state index in [1.54, 1.807) is 25.1 Å². The summed E-state index contributed by atoms with van der Waals surface area (Å²) in [4.78, 5) is 19.4. The summed E-state index contributed by atoms with van der Waals surface area (Å²) in [6.07, 6.45) is 2.03. The van der Waals surface area contributed by atoms with Gasteiger partial charge < -0.3 is 14.5 Å². The SMILES string of the molecule is CC/C(=C1/N(C)COCN1Cc1cnc(Cl)s1)[N+](=O)[O-]. The number of aromatic nitrogens is 1. The summed E-state index contributed by atoms with van der Waals surface area (Å²) in [5.41, 5.74) is 0.186. The van der Waals surface area contributed by atoms with Crippen molar-refractivity contribution in [2.45, 2.75) is 19.9 Å². The molecule has 20 heavy (non-hydrogen) atoms. The van der Waals surface area contributed by atoms with Gasteiger partial charge in [0.15, 0.2) is 10.3 Å². The fraction of sp³-hybridized carbons (Fsp3) is 0.545. The van der Waals surface area contributed by atoms with Gasteiger partial charge in [-0.15, -0.1) is 11.3 Å². The zero-order valence-electron chi connectivity index (χ0n) is 11.2. The molecule has 1 aromatic rings. The Labute approximate surface area is 125 Å². The minimum Gasteiger partial charge on any atom is -0.341 e. The second-order valence-electron chi connectivity index (χ2n) is 4.32. The molecule has 0 spiro atoms. The van der Waals surface area contributed by atoms with Gasteiger partial charge in [-0.3, -0.25) is 10.1 Å². The molecule has 0 saturated carbocycles. The van der Waals surface area contributed by atoms with Crippen LogP contribution in [0.5, 0.6) is 0 Å². The first-order chi connectivity index (χ1) is 9.52. The normalized spacial score (nSPS) is 18.4. The zero-order chi connectivity index (χ0) is 14.7. The van der Waals surface area contributed by atoms with E-state index in [1.165, 1.54) is 11.3 Å². The van der Waals surface area contributed by atoms with Crippen molar-refractivity contribution in [3.05, 3.63) is 37.2 Å². The maximum Gasteiger partial charge on any atom is 0.286 e. The summed E-state index contributed by atoms with van der Waals surface area (Å²) in [5.74, 6) is 0.591. The molecule has 1 aliphatic rings. The molecule has 110 valence electrons. The van der Waals surface area contributed by atoms with Gasteiger partial charge in [0.2, 0.25) is 0 Å². The third kappa shape index (κ3) is 3.20. The van der Waals surface area contributed by atoms with Crippen LogP contribution in [0.25, 0.3) is 0 Å². The van der Waals surface area contributed by atoms with Crippen molar-refractivity contribution in [2.24, 2.45) is 0 Å². The van der Waals surface area contributed by atoms with Gasteiger partial charge in [-0.2, -0.15) is 0 Å². The van der Waals surface area contributed by atoms with E-state index in [1.807, 2.05) is 4.90 Å². The molecular formula is C11H15ClN4O3S. The van der Waals surface area contributed by atoms with Gasteiger partial charge in [-0.25, -0.2) is 4.98 Å². The van der Waals surface area contributed by atoms with Gasteiger partial charge in [0.1, 0.15) is 13.5 Å². The van der Waals surface area contributed by atoms with Crippen molar-refractivity contribution in [1.82, 2.24) is 14.8 Å². The number of thiazole rings is 1. The lowest BCUT2D eigenvalue weighted by atomic mass is 10.3. The van der Waals surface area contributed by atoms with Crippen molar-refractivity contribution in [3.63, 3.8) is 0 Å². The molecule has 0 aliphatic carbocycles. The van der Waals surface area contributed by atoms with Crippen LogP contribution in [0, 0.1) is 10.1 Å². The molecule has 0 N–H and O–H groups in total. The Kier molecular flexibility index (Phi) is 4.79. The highest BCUT2D eigenvalue weighted by atomic mass is 35.5. The highest BCUT2D eigenvalue weighted by molar-refractivity contribution is 7.15. The molecule has 9 heteroatoms. The maximum absolute atomic E-state index is 11.2. The van der Waals surface area contributed by atoms with E-state index in [2.05, 4.69) is 4.98 Å². The summed E-state index contributed by atoms with van der Waals surface area (Å²) < 4.78 is 5.88. The Morgan fingerprint density at radius 2 is 2.40 bits per heavy atom. The van der Waals surface area contributed by atoms with E-state index in [9.17, 15) is 10.1 Å². The van der Waals surface area contributed by atoms with Crippen LogP contribution in [-0.4, -0.2) is 40.2 Å². The molecule has 1 saturated heterocycles. The Bertz CT molecular complexity index is 533. The Hall–Kier alpha value is -1.38. The molecule has 0 aromatic carbocycles. The topological polar surface area (TPSA) is 71.7 Å². The quantitative estimate of drug-likeness (QED) is 0.626. The molecule has 2 heterocycles. The van der Waals surface area contributed by atoms with E-state index in [0.29, 0.717) is 36.7 Å². The largest absolute Gasteiger partial charge is 0.341 e. The van der Waals surface area contributed by atoms with Crippen LogP contribution in [0.4, 0.5) is 0 Å². The molecule has 7 nitrogen and oxygen atoms in total. The van der Waals surface area contributed by atoms with Crippen molar-refractivity contribution in [3.8, 4) is 0 Å². The van der Waals surface area contributed by atoms with Crippen molar-refractivity contribution >= 4 is 22.9 Å². The number of halogens is 1. The summed E-state index contributed by atoms with van der Waals surface area (Å²) in [5, 5.41) is 11.2. The molecule has 0 atom stereocenters. The van der Waals surface area contributed by atoms with Crippen LogP contribution < -0.4 is 0 Å². The van der Waals surface area contributed by atoms with Gasteiger partial charge in [0, 0.05) is 24.5 Å². The van der Waals surface area contributed by atoms with E-state index in [0.717, 1.165) is 4.88 Å². The Morgan fingerprint density at radius 3 is 2.95 bits per heavy atom. The monoisotopic (exact) mass is 318 g/mol. The lowest BCUT2D eigenvalue weighted by Gasteiger charge is -2.37. The molecule has 1 fully saturated rings. The number of hydrogen-bond acceptors (Lipinski definition) is 7. The average molecular weight is 319 g/mol. The molecular weight excluding hydrogens is 304 g/mol. The van der Waals surface area contributed by atoms with Crippen LogP contribution in [0.15, 0.2) is 17.7 Å². The first-order valence-corrected chi connectivity index (χ1v) is 7.24. The van der Waals surface area contributed by atoms with E-state index < -0.39 is 0 Å². The van der Waals surface area contributed by atoms with E-state index in [-0.39, 0.29) is 10.6 Å². The van der Waals surface area contributed by atoms with Crippen LogP contribution in [0.1, 0.15) is 18.2 Å². The number of ether oxygens (including phenoxy) is 1. The lowest BCUT2D eigenvalue weighted by molar-refractivity contribution is -0.432. The summed E-state index contributed by atoms with van der Waals surface area (Å²) in [7, 11) is 1.78. The third-order valence-corrected chi connectivity index (χ3v) is 3.98. The number of nitro groups is 1. The fourth-order valence-electron chi connectivity index (χ4n) is 2.09. The molecule has 0 unspecified atom stereocenters. The highest BCUT2D eigenvalue weighted by Gasteiger charge is 2.29. The van der Waals surface area contributed by atoms with Crippen LogP contribution in [0.2, 0.25) is 4.47 Å². The fourth-order valence-corrected chi connectivity index (χ4v) is 3.08. The number of hydrogen-bond donors (Lipinski definition) is 0. The lowest BCUT2D eigenvalue weighted by Crippen LogP contribution is -2.43. The van der Waals surface area contributed by atoms with Gasteiger partial charge in [-0.1, -0.05) is 18.5 Å². The second-order valence-corrected chi connectivity index (χ2v) is 6.02. The summed E-state index contributed by atoms with van der Waals surface area (Å²) in [6.45, 7) is 2.91. The smallest absolute Gasteiger partial charge is 0.286 e. The zero-order valence-corrected chi connectivity index (χ0v) is 12.8. The van der Waals surface area contributed by atoms with Gasteiger partial charge >= 0.3 is 0 Å². The van der Waals surface area contributed by atoms with Crippen LogP contribution >= 0.6 is 22.9 Å². The predicted molar refractivity (Wildman–Crippen MR) is 75.6 cm³/mol. The van der Waals surface area contributed by atoms with Gasteiger partial charge in [0.25, 0.3) is 5.70 Å². The van der Waals surface area contributed by atoms with Crippen molar-refractivity contribution in [1.29, 1.82) is 0 Å². The standard InChI is InChI=1S/C11H15ClN4O3S/c1-3-9(16(17)18)10-14(2)6-19-7-15(10)5-8-4-13-11(12)20-8/h4H,3,5-7H2,1-2H3/b10-9+. The summed E-state index contributed by atoms with van der Waals surface area (Å²) in [6, 6.07) is 0. The number of rotatable bonds is 4. The second kappa shape index (κ2) is 6.38. The third-order valence-electron chi connectivity index (χ3n) is 2.88. The molecule has 1 aliphatic heterocycles. The summed E-state index contributed by atoms with van der Waals surface area (Å²) >= 11 is 7.17. The number of nitrogens with zero attached hydrogens (tertiary/aromatic N) is 4. The van der Waals surface area contributed by atoms with Crippen molar-refractivity contribution < 1.29 is 9.66 Å².